The number of nitrogens with zero attached hydrogens (tertiary/aromatic N) is 1. The number of carbonyl (C=O) groups excluding carboxylic acids is 2. The lowest BCUT2D eigenvalue weighted by atomic mass is 10.1. The summed E-state index contributed by atoms with van der Waals surface area (Å²) in [6.45, 7) is 0. The Morgan fingerprint density at radius 2 is 2.20 bits per heavy atom. The average molecular weight is 205 g/mol. The number of Topliss-reactive ketones (excluding diaryl/α,β-unsaturated/α-hetero) is 1. The van der Waals surface area contributed by atoms with Crippen molar-refractivity contribution in [2.45, 2.75) is 5.72 Å². The molecule has 0 spiro atoms. The molecular weight excluding hydrogens is 198 g/mol. The minimum atomic E-state index is -1.53. The topological polar surface area (TPSA) is 58.9 Å². The monoisotopic (exact) mass is 205 g/mol. The third kappa shape index (κ3) is 0.771. The Morgan fingerprint density at radius 1 is 1.47 bits per heavy atom. The van der Waals surface area contributed by atoms with Gasteiger partial charge in [-0.15, -0.1) is 0 Å². The van der Waals surface area contributed by atoms with Gasteiger partial charge in [-0.1, -0.05) is 12.1 Å². The molecule has 0 unspecified atom stereocenters. The summed E-state index contributed by atoms with van der Waals surface area (Å²) in [5.74, 6) is -1.03. The Kier molecular flexibility index (Phi) is 1.33. The summed E-state index contributed by atoms with van der Waals surface area (Å²) in [5.41, 5.74) is -0.416. The van der Waals surface area contributed by atoms with E-state index in [1.54, 1.807) is 24.3 Å². The van der Waals surface area contributed by atoms with Gasteiger partial charge in [0, 0.05) is 5.56 Å². The molecule has 1 saturated heterocycles. The Hall–Kier alpha value is -1.88. The molecule has 2 aliphatic heterocycles. The minimum Gasteiger partial charge on any atom is -0.465 e. The van der Waals surface area contributed by atoms with E-state index in [1.807, 2.05) is 0 Å². The molecule has 2 aliphatic rings. The van der Waals surface area contributed by atoms with E-state index in [0.29, 0.717) is 11.3 Å². The van der Waals surface area contributed by atoms with E-state index in [2.05, 4.69) is 4.74 Å². The van der Waals surface area contributed by atoms with E-state index in [4.69, 9.17) is 4.84 Å². The molecule has 0 N–H and O–H groups in total. The Labute approximate surface area is 85.1 Å². The molecule has 1 aromatic carbocycles. The van der Waals surface area contributed by atoms with E-state index in [-0.39, 0.29) is 5.78 Å². The van der Waals surface area contributed by atoms with E-state index in [1.165, 1.54) is 12.2 Å². The molecule has 0 saturated carbocycles. The third-order valence-electron chi connectivity index (χ3n) is 2.61. The highest BCUT2D eigenvalue weighted by molar-refractivity contribution is 6.26. The van der Waals surface area contributed by atoms with Crippen LogP contribution in [0.1, 0.15) is 10.4 Å². The second kappa shape index (κ2) is 2.38. The smallest absolute Gasteiger partial charge is 0.373 e. The minimum absolute atomic E-state index is 0.357. The standard InChI is InChI=1S/C10H7NO4/c1-14-9(13)10-8(12)6-4-2-3-5-7(6)11(10)15-10/h2-5H,1H3/t10-,11?/m0/s1. The van der Waals surface area contributed by atoms with Crippen molar-refractivity contribution in [2.75, 3.05) is 12.2 Å². The third-order valence-corrected chi connectivity index (χ3v) is 2.61. The number of esters is 1. The van der Waals surface area contributed by atoms with Gasteiger partial charge in [0.15, 0.2) is 0 Å². The van der Waals surface area contributed by atoms with Crippen LogP contribution in [-0.4, -0.2) is 24.6 Å². The highest BCUT2D eigenvalue weighted by Gasteiger charge is 2.74. The van der Waals surface area contributed by atoms with E-state index in [0.717, 1.165) is 0 Å². The van der Waals surface area contributed by atoms with Gasteiger partial charge in [-0.3, -0.25) is 4.79 Å². The lowest BCUT2D eigenvalue weighted by Gasteiger charge is -2.00. The Balaban J connectivity index is 2.12. The number of carbonyl (C=O) groups is 2. The number of ketones is 1. The fourth-order valence-electron chi connectivity index (χ4n) is 1.84. The average Bonchev–Trinajstić information content (AvgIpc) is 2.98. The van der Waals surface area contributed by atoms with Gasteiger partial charge in [-0.05, 0) is 12.1 Å². The number of ether oxygens (including phenoxy) is 1. The van der Waals surface area contributed by atoms with Crippen LogP contribution in [0.15, 0.2) is 24.3 Å². The number of fused-ring (bicyclic) bond motifs is 3. The summed E-state index contributed by atoms with van der Waals surface area (Å²) < 4.78 is 4.55. The summed E-state index contributed by atoms with van der Waals surface area (Å²) in [7, 11) is 1.23. The summed E-state index contributed by atoms with van der Waals surface area (Å²) in [4.78, 5) is 28.4. The number of anilines is 1. The van der Waals surface area contributed by atoms with Crippen molar-refractivity contribution in [3.63, 3.8) is 0 Å². The van der Waals surface area contributed by atoms with Crippen molar-refractivity contribution in [1.29, 1.82) is 0 Å². The molecule has 0 bridgehead atoms. The normalized spacial score (nSPS) is 25.9. The van der Waals surface area contributed by atoms with Crippen molar-refractivity contribution in [3.8, 4) is 0 Å². The van der Waals surface area contributed by atoms with Gasteiger partial charge in [0.05, 0.1) is 12.8 Å². The zero-order valence-corrected chi connectivity index (χ0v) is 7.89. The highest BCUT2D eigenvalue weighted by atomic mass is 16.9. The van der Waals surface area contributed by atoms with Crippen molar-refractivity contribution in [3.05, 3.63) is 29.8 Å². The second-order valence-corrected chi connectivity index (χ2v) is 3.37. The molecule has 5 heteroatoms. The number of hydroxylamine groups is 1. The van der Waals surface area contributed by atoms with Crippen molar-refractivity contribution >= 4 is 17.4 Å². The maximum Gasteiger partial charge on any atom is 0.373 e. The number of hydrogen-bond donors (Lipinski definition) is 0. The first-order valence-corrected chi connectivity index (χ1v) is 4.43. The molecule has 0 aromatic heterocycles. The summed E-state index contributed by atoms with van der Waals surface area (Å²) in [6, 6.07) is 6.91. The van der Waals surface area contributed by atoms with Crippen LogP contribution in [0.4, 0.5) is 5.69 Å². The SMILES string of the molecule is COC(=O)[C@]12ON1c1ccccc1C2=O. The molecule has 0 radical (unpaired) electrons. The molecule has 1 aromatic rings. The number of hydrogen-bond acceptors (Lipinski definition) is 5. The van der Waals surface area contributed by atoms with Crippen LogP contribution in [0, 0.1) is 0 Å². The van der Waals surface area contributed by atoms with Gasteiger partial charge in [0.1, 0.15) is 0 Å². The number of para-hydroxylation sites is 1. The molecule has 76 valence electrons. The number of benzene rings is 1. The maximum atomic E-state index is 11.9. The van der Waals surface area contributed by atoms with Crippen molar-refractivity contribution in [2.24, 2.45) is 0 Å². The fourth-order valence-corrected chi connectivity index (χ4v) is 1.84. The maximum absolute atomic E-state index is 11.9. The Bertz CT molecular complexity index is 484. The molecule has 0 amide bonds. The second-order valence-electron chi connectivity index (χ2n) is 3.37. The van der Waals surface area contributed by atoms with Gasteiger partial charge >= 0.3 is 11.7 Å². The van der Waals surface area contributed by atoms with Crippen LogP contribution >= 0.6 is 0 Å². The molecular formula is C10H7NO4. The fraction of sp³-hybridized carbons (Fsp3) is 0.200. The number of methoxy groups -OCH3 is 1. The van der Waals surface area contributed by atoms with Gasteiger partial charge in [0.25, 0.3) is 0 Å². The van der Waals surface area contributed by atoms with Crippen LogP contribution in [0.25, 0.3) is 0 Å². The first kappa shape index (κ1) is 8.43. The summed E-state index contributed by atoms with van der Waals surface area (Å²) in [6.07, 6.45) is 0. The van der Waals surface area contributed by atoms with Crippen LogP contribution in [-0.2, 0) is 14.4 Å². The van der Waals surface area contributed by atoms with Gasteiger partial charge in [-0.25, -0.2) is 9.63 Å². The zero-order chi connectivity index (χ0) is 10.6. The quantitative estimate of drug-likeness (QED) is 0.379. The van der Waals surface area contributed by atoms with Gasteiger partial charge in [0.2, 0.25) is 5.78 Å². The van der Waals surface area contributed by atoms with E-state index in [9.17, 15) is 9.59 Å². The largest absolute Gasteiger partial charge is 0.465 e. The van der Waals surface area contributed by atoms with Crippen molar-refractivity contribution in [1.82, 2.24) is 0 Å². The van der Waals surface area contributed by atoms with Crippen LogP contribution in [0.2, 0.25) is 0 Å². The summed E-state index contributed by atoms with van der Waals surface area (Å²) in [5, 5.41) is 1.29. The molecule has 5 nitrogen and oxygen atoms in total. The Morgan fingerprint density at radius 3 is 2.87 bits per heavy atom. The molecule has 15 heavy (non-hydrogen) atoms. The highest BCUT2D eigenvalue weighted by Crippen LogP contribution is 2.51. The molecule has 3 rings (SSSR count). The molecule has 2 heterocycles. The predicted molar refractivity (Wildman–Crippen MR) is 49.1 cm³/mol. The molecule has 0 aliphatic carbocycles. The lowest BCUT2D eigenvalue weighted by molar-refractivity contribution is -0.144. The number of rotatable bonds is 1. The van der Waals surface area contributed by atoms with Gasteiger partial charge < -0.3 is 4.74 Å². The van der Waals surface area contributed by atoms with Gasteiger partial charge in [-0.2, -0.15) is 5.06 Å². The first-order valence-electron chi connectivity index (χ1n) is 4.43. The van der Waals surface area contributed by atoms with Crippen LogP contribution < -0.4 is 5.06 Å². The molecule has 1 fully saturated rings. The van der Waals surface area contributed by atoms with Crippen LogP contribution in [0.5, 0.6) is 0 Å². The van der Waals surface area contributed by atoms with E-state index < -0.39 is 11.7 Å². The summed E-state index contributed by atoms with van der Waals surface area (Å²) >= 11 is 0. The predicted octanol–water partition coefficient (Wildman–Crippen LogP) is 0.504. The molecule has 1 atom stereocenters. The van der Waals surface area contributed by atoms with E-state index >= 15 is 0 Å². The first-order chi connectivity index (χ1) is 7.21. The van der Waals surface area contributed by atoms with Crippen LogP contribution in [0.3, 0.4) is 0 Å². The lowest BCUT2D eigenvalue weighted by Crippen LogP contribution is -2.35. The zero-order valence-electron chi connectivity index (χ0n) is 7.89. The van der Waals surface area contributed by atoms with Crippen molar-refractivity contribution < 1.29 is 19.2 Å².